The number of anilines is 1. The molecule has 1 aliphatic heterocycles. The summed E-state index contributed by atoms with van der Waals surface area (Å²) in [5, 5.41) is 6.62. The lowest BCUT2D eigenvalue weighted by Gasteiger charge is -2.12. The molecule has 0 saturated carbocycles. The molecule has 1 saturated heterocycles. The number of halogens is 1. The normalized spacial score (nSPS) is 17.7. The highest BCUT2D eigenvalue weighted by Gasteiger charge is 2.14. The van der Waals surface area contributed by atoms with Gasteiger partial charge in [0.2, 0.25) is 0 Å². The van der Waals surface area contributed by atoms with E-state index in [1.807, 2.05) is 0 Å². The molecule has 0 aromatic heterocycles. The predicted molar refractivity (Wildman–Crippen MR) is 85.0 cm³/mol. The molecule has 2 N–H and O–H groups in total. The lowest BCUT2D eigenvalue weighted by molar-refractivity contribution is 0.0168. The Morgan fingerprint density at radius 2 is 2.19 bits per heavy atom. The van der Waals surface area contributed by atoms with Crippen LogP contribution in [-0.4, -0.2) is 37.6 Å². The minimum absolute atomic E-state index is 0.261. The van der Waals surface area contributed by atoms with E-state index >= 15 is 0 Å². The molecule has 0 aliphatic carbocycles. The van der Waals surface area contributed by atoms with Gasteiger partial charge in [-0.05, 0) is 55.7 Å². The highest BCUT2D eigenvalue weighted by Crippen LogP contribution is 2.11. The van der Waals surface area contributed by atoms with Crippen LogP contribution >= 0.6 is 12.2 Å². The molecular formula is C15H21FN2O2S. The van der Waals surface area contributed by atoms with E-state index in [-0.39, 0.29) is 11.9 Å². The summed E-state index contributed by atoms with van der Waals surface area (Å²) < 4.78 is 23.8. The van der Waals surface area contributed by atoms with E-state index in [4.69, 9.17) is 21.7 Å². The van der Waals surface area contributed by atoms with Crippen LogP contribution in [0.4, 0.5) is 10.1 Å². The molecule has 2 rings (SSSR count). The molecule has 1 atom stereocenters. The van der Waals surface area contributed by atoms with Gasteiger partial charge in [0.1, 0.15) is 5.82 Å². The fourth-order valence-corrected chi connectivity index (χ4v) is 2.30. The predicted octanol–water partition coefficient (Wildman–Crippen LogP) is 2.70. The van der Waals surface area contributed by atoms with Crippen LogP contribution in [0.15, 0.2) is 24.3 Å². The van der Waals surface area contributed by atoms with Crippen LogP contribution in [0.2, 0.25) is 0 Å². The van der Waals surface area contributed by atoms with Crippen molar-refractivity contribution < 1.29 is 13.9 Å². The molecule has 0 spiro atoms. The molecule has 4 nitrogen and oxygen atoms in total. The number of nitrogens with one attached hydrogen (secondary N) is 2. The molecule has 1 heterocycles. The highest BCUT2D eigenvalue weighted by atomic mass is 32.1. The third-order valence-corrected chi connectivity index (χ3v) is 3.43. The Kier molecular flexibility index (Phi) is 6.85. The standard InChI is InChI=1S/C15H21FN2O2S/c16-12-4-6-13(7-5-12)18-15(21)17-8-2-9-19-11-14-3-1-10-20-14/h4-7,14H,1-3,8-11H2,(H2,17,18,21)/t14-/m0/s1. The monoisotopic (exact) mass is 312 g/mol. The van der Waals surface area contributed by atoms with Crippen molar-refractivity contribution in [2.24, 2.45) is 0 Å². The van der Waals surface area contributed by atoms with Crippen molar-refractivity contribution in [2.45, 2.75) is 25.4 Å². The lowest BCUT2D eigenvalue weighted by Crippen LogP contribution is -2.30. The van der Waals surface area contributed by atoms with E-state index in [1.54, 1.807) is 12.1 Å². The average Bonchev–Trinajstić information content (AvgIpc) is 2.98. The topological polar surface area (TPSA) is 42.5 Å². The molecule has 1 fully saturated rings. The molecule has 0 radical (unpaired) electrons. The smallest absolute Gasteiger partial charge is 0.170 e. The van der Waals surface area contributed by atoms with Gasteiger partial charge in [-0.2, -0.15) is 0 Å². The van der Waals surface area contributed by atoms with E-state index in [2.05, 4.69) is 10.6 Å². The van der Waals surface area contributed by atoms with Gasteiger partial charge in [-0.1, -0.05) is 0 Å². The lowest BCUT2D eigenvalue weighted by atomic mass is 10.2. The maximum atomic E-state index is 12.8. The van der Waals surface area contributed by atoms with Crippen molar-refractivity contribution in [1.29, 1.82) is 0 Å². The van der Waals surface area contributed by atoms with E-state index in [1.165, 1.54) is 12.1 Å². The fourth-order valence-electron chi connectivity index (χ4n) is 2.08. The Labute approximate surface area is 130 Å². The number of benzene rings is 1. The van der Waals surface area contributed by atoms with Crippen LogP contribution < -0.4 is 10.6 Å². The van der Waals surface area contributed by atoms with Crippen molar-refractivity contribution >= 4 is 23.0 Å². The van der Waals surface area contributed by atoms with Gasteiger partial charge in [-0.15, -0.1) is 0 Å². The number of hydrogen-bond acceptors (Lipinski definition) is 3. The minimum Gasteiger partial charge on any atom is -0.379 e. The van der Waals surface area contributed by atoms with E-state index < -0.39 is 0 Å². The van der Waals surface area contributed by atoms with Crippen LogP contribution in [0.3, 0.4) is 0 Å². The third-order valence-electron chi connectivity index (χ3n) is 3.18. The first kappa shape index (κ1) is 16.1. The average molecular weight is 312 g/mol. The quantitative estimate of drug-likeness (QED) is 0.598. The minimum atomic E-state index is -0.261. The molecule has 1 aliphatic rings. The van der Waals surface area contributed by atoms with Gasteiger partial charge in [0.25, 0.3) is 0 Å². The highest BCUT2D eigenvalue weighted by molar-refractivity contribution is 7.80. The summed E-state index contributed by atoms with van der Waals surface area (Å²) >= 11 is 5.16. The Morgan fingerprint density at radius 1 is 1.38 bits per heavy atom. The second-order valence-corrected chi connectivity index (χ2v) is 5.36. The van der Waals surface area contributed by atoms with Crippen molar-refractivity contribution in [3.8, 4) is 0 Å². The van der Waals surface area contributed by atoms with Gasteiger partial charge < -0.3 is 20.1 Å². The molecule has 6 heteroatoms. The summed E-state index contributed by atoms with van der Waals surface area (Å²) in [6.45, 7) is 2.96. The van der Waals surface area contributed by atoms with Crippen LogP contribution in [0.1, 0.15) is 19.3 Å². The number of rotatable bonds is 7. The fraction of sp³-hybridized carbons (Fsp3) is 0.533. The maximum Gasteiger partial charge on any atom is 0.170 e. The largest absolute Gasteiger partial charge is 0.379 e. The zero-order valence-corrected chi connectivity index (χ0v) is 12.8. The zero-order chi connectivity index (χ0) is 14.9. The summed E-state index contributed by atoms with van der Waals surface area (Å²) in [7, 11) is 0. The van der Waals surface area contributed by atoms with Gasteiger partial charge in [-0.25, -0.2) is 4.39 Å². The molecule has 0 unspecified atom stereocenters. The van der Waals surface area contributed by atoms with Crippen LogP contribution in [-0.2, 0) is 9.47 Å². The first-order valence-electron chi connectivity index (χ1n) is 7.24. The van der Waals surface area contributed by atoms with Gasteiger partial charge in [0.05, 0.1) is 12.7 Å². The summed E-state index contributed by atoms with van der Waals surface area (Å²) in [5.41, 5.74) is 0.767. The van der Waals surface area contributed by atoms with E-state index in [0.717, 1.165) is 38.1 Å². The second-order valence-electron chi connectivity index (χ2n) is 4.95. The molecule has 21 heavy (non-hydrogen) atoms. The van der Waals surface area contributed by atoms with Gasteiger partial charge in [0, 0.05) is 25.4 Å². The summed E-state index contributed by atoms with van der Waals surface area (Å²) in [6.07, 6.45) is 3.39. The molecule has 1 aromatic rings. The van der Waals surface area contributed by atoms with Gasteiger partial charge in [0.15, 0.2) is 5.11 Å². The van der Waals surface area contributed by atoms with Crippen molar-refractivity contribution in [3.63, 3.8) is 0 Å². The summed E-state index contributed by atoms with van der Waals surface area (Å²) in [6, 6.07) is 6.08. The molecular weight excluding hydrogens is 291 g/mol. The number of ether oxygens (including phenoxy) is 2. The Hall–Kier alpha value is -1.24. The van der Waals surface area contributed by atoms with Crippen LogP contribution in [0.25, 0.3) is 0 Å². The first-order chi connectivity index (χ1) is 10.2. The van der Waals surface area contributed by atoms with Crippen LogP contribution in [0, 0.1) is 5.82 Å². The number of hydrogen-bond donors (Lipinski definition) is 2. The van der Waals surface area contributed by atoms with Crippen molar-refractivity contribution in [3.05, 3.63) is 30.1 Å². The van der Waals surface area contributed by atoms with E-state index in [0.29, 0.717) is 18.3 Å². The van der Waals surface area contributed by atoms with Gasteiger partial charge in [-0.3, -0.25) is 0 Å². The third kappa shape index (κ3) is 6.37. The number of thiocarbonyl (C=S) groups is 1. The SMILES string of the molecule is Fc1ccc(NC(=S)NCCCOC[C@@H]2CCCO2)cc1. The molecule has 116 valence electrons. The summed E-state index contributed by atoms with van der Waals surface area (Å²) in [4.78, 5) is 0. The Morgan fingerprint density at radius 3 is 2.90 bits per heavy atom. The Bertz CT molecular complexity index is 436. The van der Waals surface area contributed by atoms with Crippen molar-refractivity contribution in [2.75, 3.05) is 31.7 Å². The first-order valence-corrected chi connectivity index (χ1v) is 7.64. The molecule has 0 amide bonds. The zero-order valence-electron chi connectivity index (χ0n) is 11.9. The Balaban J connectivity index is 1.49. The molecule has 0 bridgehead atoms. The van der Waals surface area contributed by atoms with Crippen LogP contribution in [0.5, 0.6) is 0 Å². The van der Waals surface area contributed by atoms with Crippen molar-refractivity contribution in [1.82, 2.24) is 5.32 Å². The van der Waals surface area contributed by atoms with E-state index in [9.17, 15) is 4.39 Å². The van der Waals surface area contributed by atoms with Gasteiger partial charge >= 0.3 is 0 Å². The maximum absolute atomic E-state index is 12.8. The molecule has 1 aromatic carbocycles. The summed E-state index contributed by atoms with van der Waals surface area (Å²) in [5.74, 6) is -0.261. The second kappa shape index (κ2) is 8.92.